The average molecular weight is 410 g/mol. The van der Waals surface area contributed by atoms with E-state index in [1.54, 1.807) is 37.4 Å². The summed E-state index contributed by atoms with van der Waals surface area (Å²) in [6, 6.07) is 12.5. The molecule has 1 aromatic heterocycles. The second-order valence-electron chi connectivity index (χ2n) is 7.08. The van der Waals surface area contributed by atoms with Gasteiger partial charge in [0.15, 0.2) is 0 Å². The standard InChI is InChI=1S/C23H26N2O5/c1-4-18-20(29-3)10-7-16-13-19(23(28)30-21(16)18)22(27)24-17-8-5-15(6-9-17)14-25(2)11-12-26/h5-10,13,26H,4,11-12,14H2,1-3H3,(H,24,27). The highest BCUT2D eigenvalue weighted by Gasteiger charge is 2.17. The fraction of sp³-hybridized carbons (Fsp3) is 0.304. The number of aliphatic hydroxyl groups is 1. The van der Waals surface area contributed by atoms with Crippen molar-refractivity contribution in [2.45, 2.75) is 19.9 Å². The number of benzene rings is 2. The van der Waals surface area contributed by atoms with Crippen LogP contribution in [0.25, 0.3) is 11.0 Å². The van der Waals surface area contributed by atoms with Gasteiger partial charge in [-0.3, -0.25) is 9.69 Å². The summed E-state index contributed by atoms with van der Waals surface area (Å²) in [7, 11) is 3.49. The maximum Gasteiger partial charge on any atom is 0.349 e. The molecule has 3 aromatic rings. The number of ether oxygens (including phenoxy) is 1. The van der Waals surface area contributed by atoms with Crippen LogP contribution in [-0.2, 0) is 13.0 Å². The molecule has 158 valence electrons. The van der Waals surface area contributed by atoms with Crippen molar-refractivity contribution >= 4 is 22.6 Å². The Bertz CT molecular complexity index is 1090. The Hall–Kier alpha value is -3.16. The second-order valence-corrected chi connectivity index (χ2v) is 7.08. The predicted octanol–water partition coefficient (Wildman–Crippen LogP) is 3.04. The number of anilines is 1. The maximum absolute atomic E-state index is 12.7. The van der Waals surface area contributed by atoms with Crippen LogP contribution >= 0.6 is 0 Å². The van der Waals surface area contributed by atoms with E-state index in [9.17, 15) is 9.59 Å². The fourth-order valence-electron chi connectivity index (χ4n) is 3.36. The van der Waals surface area contributed by atoms with Crippen molar-refractivity contribution < 1.29 is 19.1 Å². The van der Waals surface area contributed by atoms with Gasteiger partial charge >= 0.3 is 5.63 Å². The first-order chi connectivity index (χ1) is 14.5. The summed E-state index contributed by atoms with van der Waals surface area (Å²) in [5, 5.41) is 12.4. The van der Waals surface area contributed by atoms with E-state index in [1.807, 2.05) is 31.0 Å². The molecule has 3 rings (SSSR count). The summed E-state index contributed by atoms with van der Waals surface area (Å²) in [5.74, 6) is 0.125. The summed E-state index contributed by atoms with van der Waals surface area (Å²) in [5.41, 5.74) is 2.12. The number of nitrogens with one attached hydrogen (secondary N) is 1. The Balaban J connectivity index is 1.81. The summed E-state index contributed by atoms with van der Waals surface area (Å²) >= 11 is 0. The van der Waals surface area contributed by atoms with Gasteiger partial charge in [-0.1, -0.05) is 19.1 Å². The highest BCUT2D eigenvalue weighted by Crippen LogP contribution is 2.28. The number of amides is 1. The van der Waals surface area contributed by atoms with E-state index in [2.05, 4.69) is 5.32 Å². The minimum atomic E-state index is -0.690. The minimum absolute atomic E-state index is 0.0542. The van der Waals surface area contributed by atoms with Gasteiger partial charge in [-0.05, 0) is 49.4 Å². The monoisotopic (exact) mass is 410 g/mol. The third-order valence-corrected chi connectivity index (χ3v) is 4.93. The third-order valence-electron chi connectivity index (χ3n) is 4.93. The van der Waals surface area contributed by atoms with Crippen LogP contribution in [0.3, 0.4) is 0 Å². The number of likely N-dealkylation sites (N-methyl/N-ethyl adjacent to an activating group) is 1. The average Bonchev–Trinajstić information content (AvgIpc) is 2.73. The zero-order valence-corrected chi connectivity index (χ0v) is 17.4. The van der Waals surface area contributed by atoms with Crippen molar-refractivity contribution in [2.24, 2.45) is 0 Å². The van der Waals surface area contributed by atoms with Gasteiger partial charge in [0.25, 0.3) is 5.91 Å². The van der Waals surface area contributed by atoms with Crippen LogP contribution in [0, 0.1) is 0 Å². The van der Waals surface area contributed by atoms with Crippen molar-refractivity contribution in [1.82, 2.24) is 4.90 Å². The molecule has 1 heterocycles. The van der Waals surface area contributed by atoms with E-state index in [-0.39, 0.29) is 12.2 Å². The summed E-state index contributed by atoms with van der Waals surface area (Å²) in [6.07, 6.45) is 0.634. The molecular weight excluding hydrogens is 384 g/mol. The molecule has 2 aromatic carbocycles. The van der Waals surface area contributed by atoms with Crippen LogP contribution in [0.2, 0.25) is 0 Å². The van der Waals surface area contributed by atoms with Gasteiger partial charge in [0, 0.05) is 29.7 Å². The summed E-state index contributed by atoms with van der Waals surface area (Å²) < 4.78 is 10.8. The van der Waals surface area contributed by atoms with Crippen LogP contribution in [0.15, 0.2) is 51.7 Å². The number of hydrogen-bond donors (Lipinski definition) is 2. The van der Waals surface area contributed by atoms with Gasteiger partial charge < -0.3 is 19.6 Å². The number of methoxy groups -OCH3 is 1. The summed E-state index contributed by atoms with van der Waals surface area (Å²) in [4.78, 5) is 27.1. The molecule has 30 heavy (non-hydrogen) atoms. The zero-order valence-electron chi connectivity index (χ0n) is 17.4. The molecule has 0 aliphatic carbocycles. The van der Waals surface area contributed by atoms with Gasteiger partial charge in [-0.15, -0.1) is 0 Å². The molecule has 0 saturated carbocycles. The van der Waals surface area contributed by atoms with E-state index in [0.717, 1.165) is 11.1 Å². The predicted molar refractivity (Wildman–Crippen MR) is 116 cm³/mol. The van der Waals surface area contributed by atoms with E-state index in [1.165, 1.54) is 0 Å². The largest absolute Gasteiger partial charge is 0.496 e. The van der Waals surface area contributed by atoms with Crippen molar-refractivity contribution in [3.05, 3.63) is 69.6 Å². The first kappa shape index (κ1) is 21.5. The number of carbonyl (C=O) groups excluding carboxylic acids is 1. The van der Waals surface area contributed by atoms with Crippen LogP contribution in [0.1, 0.15) is 28.4 Å². The Morgan fingerprint density at radius 2 is 1.93 bits per heavy atom. The SMILES string of the molecule is CCc1c(OC)ccc2cc(C(=O)Nc3ccc(CN(C)CCO)cc3)c(=O)oc12. The molecule has 0 aliphatic rings. The number of aryl methyl sites for hydroxylation is 1. The maximum atomic E-state index is 12.7. The quantitative estimate of drug-likeness (QED) is 0.555. The molecular formula is C23H26N2O5. The molecule has 0 radical (unpaired) electrons. The summed E-state index contributed by atoms with van der Waals surface area (Å²) in [6.45, 7) is 3.32. The Kier molecular flexibility index (Phi) is 6.87. The van der Waals surface area contributed by atoms with Crippen LogP contribution in [-0.4, -0.2) is 43.2 Å². The topological polar surface area (TPSA) is 92.0 Å². The molecule has 0 saturated heterocycles. The van der Waals surface area contributed by atoms with E-state index in [4.69, 9.17) is 14.3 Å². The van der Waals surface area contributed by atoms with Crippen LogP contribution in [0.4, 0.5) is 5.69 Å². The lowest BCUT2D eigenvalue weighted by Crippen LogP contribution is -2.22. The number of fused-ring (bicyclic) bond motifs is 1. The molecule has 0 fully saturated rings. The molecule has 0 bridgehead atoms. The third kappa shape index (κ3) is 4.69. The number of rotatable bonds is 8. The smallest absolute Gasteiger partial charge is 0.349 e. The lowest BCUT2D eigenvalue weighted by Gasteiger charge is -2.15. The molecule has 2 N–H and O–H groups in total. The van der Waals surface area contributed by atoms with Crippen molar-refractivity contribution in [3.63, 3.8) is 0 Å². The number of nitrogens with zero attached hydrogens (tertiary/aromatic N) is 1. The molecule has 0 aliphatic heterocycles. The lowest BCUT2D eigenvalue weighted by molar-refractivity contribution is 0.102. The first-order valence-electron chi connectivity index (χ1n) is 9.80. The van der Waals surface area contributed by atoms with Crippen molar-refractivity contribution in [3.8, 4) is 5.75 Å². The molecule has 0 unspecified atom stereocenters. The van der Waals surface area contributed by atoms with Gasteiger partial charge in [-0.25, -0.2) is 4.79 Å². The highest BCUT2D eigenvalue weighted by atomic mass is 16.5. The van der Waals surface area contributed by atoms with E-state index in [0.29, 0.717) is 41.9 Å². The fourth-order valence-corrected chi connectivity index (χ4v) is 3.36. The van der Waals surface area contributed by atoms with Crippen LogP contribution in [0.5, 0.6) is 5.75 Å². The highest BCUT2D eigenvalue weighted by molar-refractivity contribution is 6.05. The minimum Gasteiger partial charge on any atom is -0.496 e. The van der Waals surface area contributed by atoms with Gasteiger partial charge in [0.2, 0.25) is 0 Å². The van der Waals surface area contributed by atoms with Gasteiger partial charge in [0.05, 0.1) is 13.7 Å². The van der Waals surface area contributed by atoms with Crippen molar-refractivity contribution in [1.29, 1.82) is 0 Å². The van der Waals surface area contributed by atoms with Gasteiger partial charge in [-0.2, -0.15) is 0 Å². The first-order valence-corrected chi connectivity index (χ1v) is 9.80. The molecule has 0 spiro atoms. The molecule has 7 nitrogen and oxygen atoms in total. The van der Waals surface area contributed by atoms with Crippen molar-refractivity contribution in [2.75, 3.05) is 32.6 Å². The lowest BCUT2D eigenvalue weighted by atomic mass is 10.1. The Morgan fingerprint density at radius 3 is 2.57 bits per heavy atom. The number of carbonyl (C=O) groups is 1. The van der Waals surface area contributed by atoms with E-state index >= 15 is 0 Å². The molecule has 0 atom stereocenters. The zero-order chi connectivity index (χ0) is 21.7. The Labute approximate surface area is 174 Å². The molecule has 7 heteroatoms. The van der Waals surface area contributed by atoms with Crippen LogP contribution < -0.4 is 15.7 Å². The normalized spacial score (nSPS) is 11.1. The second kappa shape index (κ2) is 9.56. The molecule has 1 amide bonds. The Morgan fingerprint density at radius 1 is 1.20 bits per heavy atom. The van der Waals surface area contributed by atoms with Gasteiger partial charge in [0.1, 0.15) is 16.9 Å². The number of aliphatic hydroxyl groups excluding tert-OH is 1. The van der Waals surface area contributed by atoms with E-state index < -0.39 is 11.5 Å². The number of hydrogen-bond acceptors (Lipinski definition) is 6.